The first kappa shape index (κ1) is 20.4. The van der Waals surface area contributed by atoms with E-state index in [1.54, 1.807) is 0 Å². The lowest BCUT2D eigenvalue weighted by atomic mass is 10.0. The second-order valence-electron chi connectivity index (χ2n) is 7.40. The summed E-state index contributed by atoms with van der Waals surface area (Å²) in [6.45, 7) is 4.48. The molecule has 0 unspecified atom stereocenters. The van der Waals surface area contributed by atoms with Gasteiger partial charge < -0.3 is 5.11 Å². The van der Waals surface area contributed by atoms with Crippen molar-refractivity contribution in [1.82, 2.24) is 5.48 Å². The SMILES string of the molecule is C=C(NOCc1ccc2ccccc2c1)c1ccc(-c2cccc(CC(=O)O)c2)cc1. The third-order valence-corrected chi connectivity index (χ3v) is 5.10. The van der Waals surface area contributed by atoms with Gasteiger partial charge in [-0.1, -0.05) is 91.5 Å². The molecule has 0 aliphatic rings. The highest BCUT2D eigenvalue weighted by Gasteiger charge is 2.05. The molecule has 0 bridgehead atoms. The lowest BCUT2D eigenvalue weighted by molar-refractivity contribution is -0.136. The molecule has 0 atom stereocenters. The fraction of sp³-hybridized carbons (Fsp3) is 0.0741. The second kappa shape index (κ2) is 9.28. The highest BCUT2D eigenvalue weighted by molar-refractivity contribution is 5.83. The summed E-state index contributed by atoms with van der Waals surface area (Å²) in [5.41, 5.74) is 8.38. The molecule has 2 N–H and O–H groups in total. The standard InChI is InChI=1S/C27H23NO3/c1-19(28-31-18-21-9-10-23-6-2-3-7-25(23)16-21)22-11-13-24(14-12-22)26-8-4-5-20(15-26)17-27(29)30/h2-16,28H,1,17-18H2,(H,29,30). The van der Waals surface area contributed by atoms with Crippen LogP contribution < -0.4 is 5.48 Å². The molecule has 154 valence electrons. The first-order valence-corrected chi connectivity index (χ1v) is 10.0. The summed E-state index contributed by atoms with van der Waals surface area (Å²) in [4.78, 5) is 16.6. The number of hydrogen-bond donors (Lipinski definition) is 2. The predicted octanol–water partition coefficient (Wildman–Crippen LogP) is 5.83. The zero-order chi connectivity index (χ0) is 21.6. The minimum absolute atomic E-state index is 0.0151. The Balaban J connectivity index is 1.36. The molecule has 0 aromatic heterocycles. The first-order chi connectivity index (χ1) is 15.1. The zero-order valence-corrected chi connectivity index (χ0v) is 17.0. The van der Waals surface area contributed by atoms with Crippen LogP contribution in [-0.4, -0.2) is 11.1 Å². The van der Waals surface area contributed by atoms with E-state index in [2.05, 4.69) is 42.4 Å². The van der Waals surface area contributed by atoms with Crippen LogP contribution in [0.5, 0.6) is 0 Å². The smallest absolute Gasteiger partial charge is 0.307 e. The minimum atomic E-state index is -0.835. The molecular weight excluding hydrogens is 386 g/mol. The number of benzene rings is 4. The summed E-state index contributed by atoms with van der Waals surface area (Å²) < 4.78 is 0. The Labute approximate surface area is 181 Å². The van der Waals surface area contributed by atoms with Gasteiger partial charge in [-0.2, -0.15) is 0 Å². The average molecular weight is 409 g/mol. The quantitative estimate of drug-likeness (QED) is 0.360. The molecule has 0 amide bonds. The Hall–Kier alpha value is -3.89. The second-order valence-corrected chi connectivity index (χ2v) is 7.40. The van der Waals surface area contributed by atoms with E-state index in [1.807, 2.05) is 60.7 Å². The van der Waals surface area contributed by atoms with Gasteiger partial charge in [0.2, 0.25) is 0 Å². The van der Waals surface area contributed by atoms with E-state index in [1.165, 1.54) is 10.8 Å². The van der Waals surface area contributed by atoms with Crippen LogP contribution in [-0.2, 0) is 22.7 Å². The lowest BCUT2D eigenvalue weighted by Crippen LogP contribution is -2.12. The molecule has 0 fully saturated rings. The van der Waals surface area contributed by atoms with Gasteiger partial charge in [0, 0.05) is 0 Å². The highest BCUT2D eigenvalue weighted by Crippen LogP contribution is 2.23. The monoisotopic (exact) mass is 409 g/mol. The molecule has 4 rings (SSSR count). The van der Waals surface area contributed by atoms with Crippen molar-refractivity contribution < 1.29 is 14.7 Å². The van der Waals surface area contributed by atoms with E-state index in [0.29, 0.717) is 12.3 Å². The molecule has 4 heteroatoms. The topological polar surface area (TPSA) is 58.6 Å². The van der Waals surface area contributed by atoms with Gasteiger partial charge in [-0.3, -0.25) is 15.1 Å². The van der Waals surface area contributed by atoms with Crippen LogP contribution in [0.3, 0.4) is 0 Å². The maximum Gasteiger partial charge on any atom is 0.307 e. The highest BCUT2D eigenvalue weighted by atomic mass is 16.6. The summed E-state index contributed by atoms with van der Waals surface area (Å²) in [6, 6.07) is 30.0. The van der Waals surface area contributed by atoms with E-state index in [9.17, 15) is 4.79 Å². The van der Waals surface area contributed by atoms with Crippen LogP contribution in [0.15, 0.2) is 97.6 Å². The molecule has 4 aromatic rings. The molecule has 0 aliphatic carbocycles. The Morgan fingerprint density at radius 2 is 1.58 bits per heavy atom. The number of carbonyl (C=O) groups is 1. The molecule has 0 saturated heterocycles. The van der Waals surface area contributed by atoms with E-state index in [4.69, 9.17) is 9.94 Å². The zero-order valence-electron chi connectivity index (χ0n) is 17.0. The van der Waals surface area contributed by atoms with Crippen molar-refractivity contribution in [2.24, 2.45) is 0 Å². The van der Waals surface area contributed by atoms with Crippen molar-refractivity contribution in [3.8, 4) is 11.1 Å². The third kappa shape index (κ3) is 5.18. The average Bonchev–Trinajstić information content (AvgIpc) is 2.79. The Morgan fingerprint density at radius 3 is 2.35 bits per heavy atom. The number of rotatable bonds is 8. The molecule has 31 heavy (non-hydrogen) atoms. The van der Waals surface area contributed by atoms with Gasteiger partial charge in [0.1, 0.15) is 0 Å². The summed E-state index contributed by atoms with van der Waals surface area (Å²) in [5, 5.41) is 11.4. The molecule has 0 aliphatic heterocycles. The number of fused-ring (bicyclic) bond motifs is 1. The van der Waals surface area contributed by atoms with Gasteiger partial charge in [0.05, 0.1) is 18.7 Å². The van der Waals surface area contributed by atoms with Crippen molar-refractivity contribution in [2.45, 2.75) is 13.0 Å². The number of carboxylic acid groups (broad SMARTS) is 1. The fourth-order valence-electron chi connectivity index (χ4n) is 3.49. The van der Waals surface area contributed by atoms with E-state index in [-0.39, 0.29) is 6.42 Å². The Kier molecular flexibility index (Phi) is 6.11. The summed E-state index contributed by atoms with van der Waals surface area (Å²) in [7, 11) is 0. The summed E-state index contributed by atoms with van der Waals surface area (Å²) in [5.74, 6) is -0.835. The maximum atomic E-state index is 10.9. The van der Waals surface area contributed by atoms with Crippen LogP contribution >= 0.6 is 0 Å². The van der Waals surface area contributed by atoms with Gasteiger partial charge in [-0.25, -0.2) is 0 Å². The molecular formula is C27H23NO3. The molecule has 0 radical (unpaired) electrons. The van der Waals surface area contributed by atoms with Crippen molar-refractivity contribution >= 4 is 22.4 Å². The van der Waals surface area contributed by atoms with Crippen LogP contribution in [0.1, 0.15) is 16.7 Å². The number of hydroxylamine groups is 1. The summed E-state index contributed by atoms with van der Waals surface area (Å²) >= 11 is 0. The largest absolute Gasteiger partial charge is 0.481 e. The number of hydrogen-bond acceptors (Lipinski definition) is 3. The van der Waals surface area contributed by atoms with Crippen molar-refractivity contribution in [3.05, 3.63) is 114 Å². The van der Waals surface area contributed by atoms with E-state index in [0.717, 1.165) is 27.8 Å². The van der Waals surface area contributed by atoms with Crippen LogP contribution in [0.2, 0.25) is 0 Å². The maximum absolute atomic E-state index is 10.9. The van der Waals surface area contributed by atoms with Crippen LogP contribution in [0.4, 0.5) is 0 Å². The van der Waals surface area contributed by atoms with Gasteiger partial charge in [-0.05, 0) is 44.7 Å². The molecule has 4 aromatic carbocycles. The van der Waals surface area contributed by atoms with E-state index < -0.39 is 5.97 Å². The predicted molar refractivity (Wildman–Crippen MR) is 124 cm³/mol. The normalized spacial score (nSPS) is 10.7. The third-order valence-electron chi connectivity index (χ3n) is 5.10. The first-order valence-electron chi connectivity index (χ1n) is 10.0. The van der Waals surface area contributed by atoms with Crippen molar-refractivity contribution in [2.75, 3.05) is 0 Å². The van der Waals surface area contributed by atoms with Gasteiger partial charge in [-0.15, -0.1) is 0 Å². The minimum Gasteiger partial charge on any atom is -0.481 e. The van der Waals surface area contributed by atoms with Crippen molar-refractivity contribution in [3.63, 3.8) is 0 Å². The fourth-order valence-corrected chi connectivity index (χ4v) is 3.49. The summed E-state index contributed by atoms with van der Waals surface area (Å²) in [6.07, 6.45) is 0.0151. The van der Waals surface area contributed by atoms with Gasteiger partial charge in [0.15, 0.2) is 0 Å². The Bertz CT molecular complexity index is 1230. The van der Waals surface area contributed by atoms with Crippen LogP contribution in [0.25, 0.3) is 27.6 Å². The number of carboxylic acids is 1. The molecule has 0 spiro atoms. The van der Waals surface area contributed by atoms with Gasteiger partial charge in [0.25, 0.3) is 0 Å². The van der Waals surface area contributed by atoms with Gasteiger partial charge >= 0.3 is 5.97 Å². The molecule has 0 heterocycles. The van der Waals surface area contributed by atoms with Crippen LogP contribution in [0, 0.1) is 0 Å². The van der Waals surface area contributed by atoms with Crippen molar-refractivity contribution in [1.29, 1.82) is 0 Å². The Morgan fingerprint density at radius 1 is 0.806 bits per heavy atom. The molecule has 4 nitrogen and oxygen atoms in total. The lowest BCUT2D eigenvalue weighted by Gasteiger charge is -2.11. The number of aliphatic carboxylic acids is 1. The molecule has 0 saturated carbocycles. The van der Waals surface area contributed by atoms with E-state index >= 15 is 0 Å². The number of nitrogens with one attached hydrogen (secondary N) is 1.